The lowest BCUT2D eigenvalue weighted by molar-refractivity contribution is 0.157. The highest BCUT2D eigenvalue weighted by molar-refractivity contribution is 5.74. The van der Waals surface area contributed by atoms with Crippen molar-refractivity contribution >= 4 is 6.03 Å². The van der Waals surface area contributed by atoms with Crippen molar-refractivity contribution in [3.63, 3.8) is 0 Å². The number of hydrogen-bond acceptors (Lipinski definition) is 2. The minimum atomic E-state index is -0.227. The van der Waals surface area contributed by atoms with Crippen LogP contribution in [0.2, 0.25) is 0 Å². The molecular formula is C15H21FN2O2. The predicted octanol–water partition coefficient (Wildman–Crippen LogP) is 1.92. The Kier molecular flexibility index (Phi) is 5.35. The number of halogens is 1. The zero-order valence-corrected chi connectivity index (χ0v) is 11.5. The standard InChI is InChI=1S/C15H21FN2O2/c16-13-6-1-4-12(10-13)5-2-8-17-15(20)18-9-3-7-14(18)11-19/h1,4,6,10,14,19H,2-3,5,7-9,11H2,(H,17,20)/t14-/m0/s1. The number of likely N-dealkylation sites (tertiary alicyclic amines) is 1. The lowest BCUT2D eigenvalue weighted by Gasteiger charge is -2.23. The Morgan fingerprint density at radius 1 is 1.50 bits per heavy atom. The highest BCUT2D eigenvalue weighted by atomic mass is 19.1. The van der Waals surface area contributed by atoms with Crippen molar-refractivity contribution in [1.82, 2.24) is 10.2 Å². The number of hydrogen-bond donors (Lipinski definition) is 2. The molecule has 0 saturated carbocycles. The third-order valence-corrected chi connectivity index (χ3v) is 3.66. The Hall–Kier alpha value is -1.62. The van der Waals surface area contributed by atoms with Gasteiger partial charge < -0.3 is 15.3 Å². The smallest absolute Gasteiger partial charge is 0.317 e. The number of benzene rings is 1. The van der Waals surface area contributed by atoms with E-state index in [4.69, 9.17) is 0 Å². The molecule has 0 aliphatic carbocycles. The van der Waals surface area contributed by atoms with Gasteiger partial charge in [0.1, 0.15) is 5.82 Å². The molecule has 0 radical (unpaired) electrons. The van der Waals surface area contributed by atoms with Crippen LogP contribution in [0.25, 0.3) is 0 Å². The second kappa shape index (κ2) is 7.24. The topological polar surface area (TPSA) is 52.6 Å². The number of aliphatic hydroxyl groups is 1. The maximum Gasteiger partial charge on any atom is 0.317 e. The van der Waals surface area contributed by atoms with Crippen LogP contribution in [-0.4, -0.2) is 41.8 Å². The predicted molar refractivity (Wildman–Crippen MR) is 74.9 cm³/mol. The van der Waals surface area contributed by atoms with Gasteiger partial charge in [0.25, 0.3) is 0 Å². The van der Waals surface area contributed by atoms with Crippen LogP contribution >= 0.6 is 0 Å². The van der Waals surface area contributed by atoms with Crippen molar-refractivity contribution in [2.24, 2.45) is 0 Å². The minimum Gasteiger partial charge on any atom is -0.394 e. The second-order valence-electron chi connectivity index (χ2n) is 5.14. The fraction of sp³-hybridized carbons (Fsp3) is 0.533. The average molecular weight is 280 g/mol. The molecule has 1 atom stereocenters. The van der Waals surface area contributed by atoms with Crippen molar-refractivity contribution < 1.29 is 14.3 Å². The summed E-state index contributed by atoms with van der Waals surface area (Å²) in [6.45, 7) is 1.29. The van der Waals surface area contributed by atoms with E-state index in [0.717, 1.165) is 31.2 Å². The summed E-state index contributed by atoms with van der Waals surface area (Å²) in [4.78, 5) is 13.6. The third kappa shape index (κ3) is 3.93. The number of amides is 2. The summed E-state index contributed by atoms with van der Waals surface area (Å²) in [6.07, 6.45) is 3.32. The minimum absolute atomic E-state index is 0.0245. The largest absolute Gasteiger partial charge is 0.394 e. The van der Waals surface area contributed by atoms with Crippen LogP contribution < -0.4 is 5.32 Å². The number of urea groups is 1. The van der Waals surface area contributed by atoms with Crippen LogP contribution in [0, 0.1) is 5.82 Å². The normalized spacial score (nSPS) is 18.3. The quantitative estimate of drug-likeness (QED) is 0.810. The van der Waals surface area contributed by atoms with E-state index in [0.29, 0.717) is 13.1 Å². The first-order valence-electron chi connectivity index (χ1n) is 7.10. The van der Waals surface area contributed by atoms with Gasteiger partial charge in [-0.2, -0.15) is 0 Å². The van der Waals surface area contributed by atoms with E-state index >= 15 is 0 Å². The van der Waals surface area contributed by atoms with Crippen LogP contribution in [-0.2, 0) is 6.42 Å². The number of nitrogens with one attached hydrogen (secondary N) is 1. The maximum absolute atomic E-state index is 13.0. The Balaban J connectivity index is 1.69. The summed E-state index contributed by atoms with van der Waals surface area (Å²) in [5.41, 5.74) is 0.939. The summed E-state index contributed by atoms with van der Waals surface area (Å²) >= 11 is 0. The summed E-state index contributed by atoms with van der Waals surface area (Å²) in [5, 5.41) is 12.0. The Morgan fingerprint density at radius 3 is 3.10 bits per heavy atom. The molecule has 2 amide bonds. The first-order valence-corrected chi connectivity index (χ1v) is 7.10. The number of carbonyl (C=O) groups is 1. The Bertz CT molecular complexity index is 453. The van der Waals surface area contributed by atoms with Gasteiger partial charge in [-0.1, -0.05) is 12.1 Å². The van der Waals surface area contributed by atoms with E-state index in [9.17, 15) is 14.3 Å². The molecule has 1 aliphatic rings. The van der Waals surface area contributed by atoms with Crippen LogP contribution in [0.1, 0.15) is 24.8 Å². The van der Waals surface area contributed by atoms with Crippen molar-refractivity contribution in [2.45, 2.75) is 31.7 Å². The molecule has 1 heterocycles. The number of rotatable bonds is 5. The van der Waals surface area contributed by atoms with E-state index in [2.05, 4.69) is 5.32 Å². The van der Waals surface area contributed by atoms with Gasteiger partial charge >= 0.3 is 6.03 Å². The summed E-state index contributed by atoms with van der Waals surface area (Å²) < 4.78 is 13.0. The zero-order valence-electron chi connectivity index (χ0n) is 11.5. The molecule has 1 saturated heterocycles. The van der Waals surface area contributed by atoms with Crippen molar-refractivity contribution in [1.29, 1.82) is 0 Å². The van der Waals surface area contributed by atoms with Crippen LogP contribution in [0.5, 0.6) is 0 Å². The third-order valence-electron chi connectivity index (χ3n) is 3.66. The molecule has 1 aromatic carbocycles. The molecule has 110 valence electrons. The van der Waals surface area contributed by atoms with Gasteiger partial charge in [0.2, 0.25) is 0 Å². The van der Waals surface area contributed by atoms with Crippen LogP contribution in [0.4, 0.5) is 9.18 Å². The first kappa shape index (κ1) is 14.8. The Labute approximate surface area is 118 Å². The SMILES string of the molecule is O=C(NCCCc1cccc(F)c1)N1CCC[C@H]1CO. The van der Waals surface area contributed by atoms with Gasteiger partial charge in [-0.05, 0) is 43.4 Å². The molecule has 0 bridgehead atoms. The molecule has 0 aromatic heterocycles. The van der Waals surface area contributed by atoms with Gasteiger partial charge in [-0.15, -0.1) is 0 Å². The molecule has 2 N–H and O–H groups in total. The number of aliphatic hydroxyl groups excluding tert-OH is 1. The second-order valence-corrected chi connectivity index (χ2v) is 5.14. The van der Waals surface area contributed by atoms with Crippen LogP contribution in [0.15, 0.2) is 24.3 Å². The summed E-state index contributed by atoms with van der Waals surface area (Å²) in [6, 6.07) is 6.36. The maximum atomic E-state index is 13.0. The fourth-order valence-electron chi connectivity index (χ4n) is 2.57. The molecule has 1 aromatic rings. The van der Waals surface area contributed by atoms with Gasteiger partial charge in [-0.25, -0.2) is 9.18 Å². The summed E-state index contributed by atoms with van der Waals surface area (Å²) in [5.74, 6) is -0.227. The lowest BCUT2D eigenvalue weighted by atomic mass is 10.1. The molecule has 4 nitrogen and oxygen atoms in total. The van der Waals surface area contributed by atoms with E-state index in [1.807, 2.05) is 6.07 Å². The van der Waals surface area contributed by atoms with Gasteiger partial charge in [0.05, 0.1) is 12.6 Å². The number of aryl methyl sites for hydroxylation is 1. The molecule has 0 unspecified atom stereocenters. The van der Waals surface area contributed by atoms with Crippen LogP contribution in [0.3, 0.4) is 0 Å². The molecule has 1 fully saturated rings. The van der Waals surface area contributed by atoms with Gasteiger partial charge in [0.15, 0.2) is 0 Å². The van der Waals surface area contributed by atoms with E-state index in [1.54, 1.807) is 11.0 Å². The monoisotopic (exact) mass is 280 g/mol. The van der Waals surface area contributed by atoms with E-state index < -0.39 is 0 Å². The lowest BCUT2D eigenvalue weighted by Crippen LogP contribution is -2.44. The fourth-order valence-corrected chi connectivity index (χ4v) is 2.57. The molecule has 2 rings (SSSR count). The highest BCUT2D eigenvalue weighted by Crippen LogP contribution is 2.16. The van der Waals surface area contributed by atoms with Crippen molar-refractivity contribution in [3.05, 3.63) is 35.6 Å². The van der Waals surface area contributed by atoms with Gasteiger partial charge in [0, 0.05) is 13.1 Å². The highest BCUT2D eigenvalue weighted by Gasteiger charge is 2.27. The molecule has 5 heteroatoms. The molecule has 20 heavy (non-hydrogen) atoms. The van der Waals surface area contributed by atoms with E-state index in [-0.39, 0.29) is 24.5 Å². The first-order chi connectivity index (χ1) is 9.70. The number of nitrogens with zero attached hydrogens (tertiary/aromatic N) is 1. The van der Waals surface area contributed by atoms with Gasteiger partial charge in [-0.3, -0.25) is 0 Å². The Morgan fingerprint density at radius 2 is 2.35 bits per heavy atom. The zero-order chi connectivity index (χ0) is 14.4. The van der Waals surface area contributed by atoms with Crippen molar-refractivity contribution in [2.75, 3.05) is 19.7 Å². The van der Waals surface area contributed by atoms with E-state index in [1.165, 1.54) is 12.1 Å². The van der Waals surface area contributed by atoms with Crippen molar-refractivity contribution in [3.8, 4) is 0 Å². The molecule has 1 aliphatic heterocycles. The molecular weight excluding hydrogens is 259 g/mol. The number of carbonyl (C=O) groups excluding carboxylic acids is 1. The summed E-state index contributed by atoms with van der Waals surface area (Å²) in [7, 11) is 0. The molecule has 0 spiro atoms. The average Bonchev–Trinajstić information content (AvgIpc) is 2.92.